The Morgan fingerprint density at radius 3 is 2.54 bits per heavy atom. The first-order chi connectivity index (χ1) is 16.9. The van der Waals surface area contributed by atoms with Gasteiger partial charge in [-0.1, -0.05) is 44.2 Å². The van der Waals surface area contributed by atoms with Crippen LogP contribution in [0.2, 0.25) is 0 Å². The number of ether oxygens (including phenoxy) is 1. The van der Waals surface area contributed by atoms with Gasteiger partial charge in [0.1, 0.15) is 11.8 Å². The highest BCUT2D eigenvalue weighted by molar-refractivity contribution is 7.15. The van der Waals surface area contributed by atoms with Gasteiger partial charge >= 0.3 is 0 Å². The van der Waals surface area contributed by atoms with Crippen molar-refractivity contribution in [3.8, 4) is 5.75 Å². The Hall–Kier alpha value is -3.23. The summed E-state index contributed by atoms with van der Waals surface area (Å²) in [4.78, 5) is 34.1. The summed E-state index contributed by atoms with van der Waals surface area (Å²) in [6.45, 7) is 8.95. The lowest BCUT2D eigenvalue weighted by Gasteiger charge is -2.25. The molecule has 0 aliphatic carbocycles. The summed E-state index contributed by atoms with van der Waals surface area (Å²) >= 11 is 1.52. The topological polar surface area (TPSA) is 83.6 Å². The number of nitrogens with one attached hydrogen (secondary N) is 2. The molecule has 0 saturated carbocycles. The monoisotopic (exact) mass is 492 g/mol. The maximum absolute atomic E-state index is 13.1. The molecule has 1 aliphatic heterocycles. The Labute approximate surface area is 210 Å². The zero-order valence-electron chi connectivity index (χ0n) is 20.4. The lowest BCUT2D eigenvalue weighted by Crippen LogP contribution is -2.47. The summed E-state index contributed by atoms with van der Waals surface area (Å²) in [5, 5.41) is 6.41. The van der Waals surface area contributed by atoms with Crippen molar-refractivity contribution in [1.82, 2.24) is 15.2 Å². The van der Waals surface area contributed by atoms with Crippen molar-refractivity contribution in [2.45, 2.75) is 46.3 Å². The number of carbonyl (C=O) groups is 2. The first-order valence-corrected chi connectivity index (χ1v) is 12.8. The third-order valence-electron chi connectivity index (χ3n) is 5.95. The van der Waals surface area contributed by atoms with Gasteiger partial charge in [-0.3, -0.25) is 14.5 Å². The minimum atomic E-state index is -0.676. The molecule has 3 aromatic rings. The molecule has 7 nitrogen and oxygen atoms in total. The molecule has 4 rings (SSSR count). The Kier molecular flexibility index (Phi) is 8.15. The van der Waals surface area contributed by atoms with Crippen LogP contribution >= 0.6 is 11.3 Å². The van der Waals surface area contributed by atoms with Crippen molar-refractivity contribution in [2.75, 3.05) is 18.5 Å². The molecule has 8 heteroatoms. The molecule has 1 aromatic heterocycles. The molecule has 184 valence electrons. The molecule has 0 saturated heterocycles. The van der Waals surface area contributed by atoms with Crippen LogP contribution in [0.5, 0.6) is 5.75 Å². The van der Waals surface area contributed by atoms with Crippen molar-refractivity contribution >= 4 is 28.3 Å². The number of hydrogen-bond donors (Lipinski definition) is 2. The van der Waals surface area contributed by atoms with E-state index in [-0.39, 0.29) is 17.7 Å². The quantitative estimate of drug-likeness (QED) is 0.460. The molecule has 1 atom stereocenters. The van der Waals surface area contributed by atoms with Crippen LogP contribution in [0.4, 0.5) is 5.13 Å². The van der Waals surface area contributed by atoms with E-state index in [0.717, 1.165) is 31.7 Å². The molecule has 0 bridgehead atoms. The minimum absolute atomic E-state index is 0.0856. The Morgan fingerprint density at radius 1 is 1.11 bits per heavy atom. The number of benzene rings is 2. The first-order valence-electron chi connectivity index (χ1n) is 12.0. The SMILES string of the molecule is CCOc1ccc(C(=O)NC(C(=O)Nc2nc3c(s2)CN(Cc2ccccc2)CC3)C(C)C)cc1. The largest absolute Gasteiger partial charge is 0.494 e. The van der Waals surface area contributed by atoms with E-state index in [1.165, 1.54) is 21.8 Å². The van der Waals surface area contributed by atoms with Gasteiger partial charge in [0, 0.05) is 36.5 Å². The van der Waals surface area contributed by atoms with Crippen molar-refractivity contribution < 1.29 is 14.3 Å². The maximum Gasteiger partial charge on any atom is 0.251 e. The molecular weight excluding hydrogens is 460 g/mol. The molecule has 0 spiro atoms. The van der Waals surface area contributed by atoms with Crippen LogP contribution in [0.15, 0.2) is 54.6 Å². The molecule has 2 heterocycles. The van der Waals surface area contributed by atoms with Gasteiger partial charge in [-0.15, -0.1) is 11.3 Å². The van der Waals surface area contributed by atoms with Crippen molar-refractivity contribution in [3.05, 3.63) is 76.3 Å². The maximum atomic E-state index is 13.1. The van der Waals surface area contributed by atoms with Gasteiger partial charge in [-0.25, -0.2) is 4.98 Å². The van der Waals surface area contributed by atoms with Crippen LogP contribution in [-0.4, -0.2) is 40.9 Å². The van der Waals surface area contributed by atoms with Gasteiger partial charge in [-0.2, -0.15) is 0 Å². The van der Waals surface area contributed by atoms with Gasteiger partial charge in [0.05, 0.1) is 12.3 Å². The number of thiazole rings is 1. The second-order valence-corrected chi connectivity index (χ2v) is 10.1. The number of amides is 2. The summed E-state index contributed by atoms with van der Waals surface area (Å²) in [5.74, 6) is 0.0679. The summed E-state index contributed by atoms with van der Waals surface area (Å²) in [5.41, 5.74) is 2.82. The van der Waals surface area contributed by atoms with E-state index in [1.807, 2.05) is 26.8 Å². The number of fused-ring (bicyclic) bond motifs is 1. The normalized spacial score (nSPS) is 14.3. The molecule has 1 aliphatic rings. The number of hydrogen-bond acceptors (Lipinski definition) is 6. The number of carbonyl (C=O) groups excluding carboxylic acids is 2. The fourth-order valence-electron chi connectivity index (χ4n) is 4.09. The summed E-state index contributed by atoms with van der Waals surface area (Å²) < 4.78 is 5.43. The lowest BCUT2D eigenvalue weighted by molar-refractivity contribution is -0.118. The Bertz CT molecular complexity index is 1140. The molecule has 2 N–H and O–H groups in total. The molecule has 1 unspecified atom stereocenters. The smallest absolute Gasteiger partial charge is 0.251 e. The van der Waals surface area contributed by atoms with Crippen molar-refractivity contribution in [2.24, 2.45) is 5.92 Å². The Balaban J connectivity index is 1.37. The predicted octanol–water partition coefficient (Wildman–Crippen LogP) is 4.49. The van der Waals surface area contributed by atoms with Crippen LogP contribution in [0.3, 0.4) is 0 Å². The van der Waals surface area contributed by atoms with Gasteiger partial charge < -0.3 is 15.4 Å². The molecule has 0 fully saturated rings. The number of anilines is 1. The van der Waals surface area contributed by atoms with Crippen molar-refractivity contribution in [1.29, 1.82) is 0 Å². The number of rotatable bonds is 9. The van der Waals surface area contributed by atoms with E-state index in [0.29, 0.717) is 23.1 Å². The minimum Gasteiger partial charge on any atom is -0.494 e. The second kappa shape index (κ2) is 11.5. The standard InChI is InChI=1S/C27H32N4O3S/c1-4-34-21-12-10-20(11-13-21)25(32)29-24(18(2)3)26(33)30-27-28-22-14-15-31(17-23(22)35-27)16-19-8-6-5-7-9-19/h5-13,18,24H,4,14-17H2,1-3H3,(H,29,32)(H,28,30,33). The van der Waals surface area contributed by atoms with Crippen LogP contribution < -0.4 is 15.4 Å². The molecule has 0 radical (unpaired) electrons. The fraction of sp³-hybridized carbons (Fsp3) is 0.370. The third-order valence-corrected chi connectivity index (χ3v) is 6.95. The highest BCUT2D eigenvalue weighted by Gasteiger charge is 2.27. The number of aromatic nitrogens is 1. The zero-order chi connectivity index (χ0) is 24.8. The van der Waals surface area contributed by atoms with Gasteiger partial charge in [0.25, 0.3) is 5.91 Å². The highest BCUT2D eigenvalue weighted by Crippen LogP contribution is 2.29. The van der Waals surface area contributed by atoms with E-state index >= 15 is 0 Å². The van der Waals surface area contributed by atoms with E-state index in [4.69, 9.17) is 4.74 Å². The Morgan fingerprint density at radius 2 is 1.86 bits per heavy atom. The van der Waals surface area contributed by atoms with E-state index in [9.17, 15) is 9.59 Å². The summed E-state index contributed by atoms with van der Waals surface area (Å²) in [6, 6.07) is 16.7. The van der Waals surface area contributed by atoms with E-state index < -0.39 is 6.04 Å². The third kappa shape index (κ3) is 6.46. The first kappa shape index (κ1) is 24.9. The predicted molar refractivity (Wildman–Crippen MR) is 139 cm³/mol. The zero-order valence-corrected chi connectivity index (χ0v) is 21.2. The fourth-order valence-corrected chi connectivity index (χ4v) is 5.14. The number of nitrogens with zero attached hydrogens (tertiary/aromatic N) is 2. The molecule has 35 heavy (non-hydrogen) atoms. The average molecular weight is 493 g/mol. The van der Waals surface area contributed by atoms with Gasteiger partial charge in [-0.05, 0) is 42.7 Å². The molecular formula is C27H32N4O3S. The van der Waals surface area contributed by atoms with E-state index in [1.54, 1.807) is 24.3 Å². The lowest BCUT2D eigenvalue weighted by atomic mass is 10.0. The molecule has 2 amide bonds. The van der Waals surface area contributed by atoms with Crippen LogP contribution in [0.1, 0.15) is 47.3 Å². The summed E-state index contributed by atoms with van der Waals surface area (Å²) in [7, 11) is 0. The summed E-state index contributed by atoms with van der Waals surface area (Å²) in [6.07, 6.45) is 0.858. The molecule has 2 aromatic carbocycles. The average Bonchev–Trinajstić information content (AvgIpc) is 3.25. The van der Waals surface area contributed by atoms with E-state index in [2.05, 4.69) is 44.8 Å². The van der Waals surface area contributed by atoms with Crippen LogP contribution in [0, 0.1) is 5.92 Å². The second-order valence-electron chi connectivity index (χ2n) is 8.98. The van der Waals surface area contributed by atoms with Gasteiger partial charge in [0.2, 0.25) is 5.91 Å². The van der Waals surface area contributed by atoms with Crippen LogP contribution in [0.25, 0.3) is 0 Å². The van der Waals surface area contributed by atoms with Crippen LogP contribution in [-0.2, 0) is 24.3 Å². The van der Waals surface area contributed by atoms with Crippen molar-refractivity contribution in [3.63, 3.8) is 0 Å². The van der Waals surface area contributed by atoms with Gasteiger partial charge in [0.15, 0.2) is 5.13 Å². The highest BCUT2D eigenvalue weighted by atomic mass is 32.1.